The normalized spacial score (nSPS) is 42.3. The van der Waals surface area contributed by atoms with Crippen LogP contribution in [-0.4, -0.2) is 23.3 Å². The van der Waals surface area contributed by atoms with E-state index in [2.05, 4.69) is 13.0 Å². The molecule has 0 aromatic rings. The Kier molecular flexibility index (Phi) is 3.60. The van der Waals surface area contributed by atoms with Crippen molar-refractivity contribution in [2.45, 2.75) is 51.9 Å². The zero-order chi connectivity index (χ0) is 16.2. The number of hydrogen-bond donors (Lipinski definition) is 1. The van der Waals surface area contributed by atoms with Gasteiger partial charge in [-0.3, -0.25) is 9.59 Å². The van der Waals surface area contributed by atoms with Crippen LogP contribution in [0, 0.1) is 29.1 Å². The van der Waals surface area contributed by atoms with Crippen molar-refractivity contribution in [3.8, 4) is 0 Å². The lowest BCUT2D eigenvalue weighted by Crippen LogP contribution is -2.46. The molecule has 3 heteroatoms. The van der Waals surface area contributed by atoms with E-state index < -0.39 is 0 Å². The molecule has 0 amide bonds. The molecule has 4 aliphatic carbocycles. The first-order valence-corrected chi connectivity index (χ1v) is 9.12. The third kappa shape index (κ3) is 2.20. The number of fused-ring (bicyclic) bond motifs is 5. The first-order valence-electron chi connectivity index (χ1n) is 9.12. The fraction of sp³-hybridized carbons (Fsp3) is 0.700. The van der Waals surface area contributed by atoms with Crippen LogP contribution < -0.4 is 0 Å². The fourth-order valence-corrected chi connectivity index (χ4v) is 6.27. The molecule has 0 saturated heterocycles. The van der Waals surface area contributed by atoms with Gasteiger partial charge in [0.2, 0.25) is 0 Å². The summed E-state index contributed by atoms with van der Waals surface area (Å²) in [6.07, 6.45) is 11.2. The van der Waals surface area contributed by atoms with Crippen molar-refractivity contribution in [3.63, 3.8) is 0 Å². The zero-order valence-electron chi connectivity index (χ0n) is 13.9. The topological polar surface area (TPSA) is 54.4 Å². The van der Waals surface area contributed by atoms with Crippen LogP contribution in [0.5, 0.6) is 0 Å². The summed E-state index contributed by atoms with van der Waals surface area (Å²) in [5.74, 6) is 2.75. The second-order valence-corrected chi connectivity index (χ2v) is 8.19. The van der Waals surface area contributed by atoms with Crippen molar-refractivity contribution in [3.05, 3.63) is 23.3 Å². The Labute approximate surface area is 137 Å². The first kappa shape index (κ1) is 15.3. The van der Waals surface area contributed by atoms with Gasteiger partial charge in [0.05, 0.1) is 0 Å². The lowest BCUT2D eigenvalue weighted by Gasteiger charge is -2.53. The highest BCUT2D eigenvalue weighted by molar-refractivity contribution is 5.98. The van der Waals surface area contributed by atoms with Crippen molar-refractivity contribution in [2.24, 2.45) is 29.1 Å². The molecule has 23 heavy (non-hydrogen) atoms. The number of aliphatic hydroxyl groups excluding tert-OH is 1. The monoisotopic (exact) mass is 314 g/mol. The SMILES string of the molecule is C[C@]12CC[C@H]3[C@@H](CCC4=CC(=O)CC[C@@H]43)[C@@H]1CC=C2C(=O)CO. The molecule has 0 bridgehead atoms. The minimum atomic E-state index is -0.361. The quantitative estimate of drug-likeness (QED) is 0.851. The molecule has 0 heterocycles. The Morgan fingerprint density at radius 2 is 2.09 bits per heavy atom. The summed E-state index contributed by atoms with van der Waals surface area (Å²) in [5.41, 5.74) is 2.26. The molecular weight excluding hydrogens is 288 g/mol. The Morgan fingerprint density at radius 1 is 1.26 bits per heavy atom. The summed E-state index contributed by atoms with van der Waals surface area (Å²) in [6, 6.07) is 0. The van der Waals surface area contributed by atoms with Gasteiger partial charge in [-0.05, 0) is 79.3 Å². The maximum Gasteiger partial charge on any atom is 0.184 e. The molecule has 2 saturated carbocycles. The van der Waals surface area contributed by atoms with Gasteiger partial charge in [0.15, 0.2) is 11.6 Å². The van der Waals surface area contributed by atoms with Crippen LogP contribution in [0.15, 0.2) is 23.3 Å². The number of carbonyl (C=O) groups is 2. The van der Waals surface area contributed by atoms with Crippen molar-refractivity contribution in [2.75, 3.05) is 6.61 Å². The van der Waals surface area contributed by atoms with E-state index in [4.69, 9.17) is 0 Å². The standard InChI is InChI=1S/C20H26O3/c1-20-9-8-15-14-5-3-13(22)10-12(14)2-4-16(15)17(20)6-7-18(20)19(23)11-21/h7,10,14-17,21H,2-6,8-9,11H2,1H3/t14-,15+,16+,17-,20-/m0/s1. The number of Topliss-reactive ketones (excluding diaryl/α,β-unsaturated/α-hetero) is 1. The number of ketones is 2. The zero-order valence-corrected chi connectivity index (χ0v) is 13.9. The van der Waals surface area contributed by atoms with E-state index >= 15 is 0 Å². The van der Waals surface area contributed by atoms with Crippen molar-refractivity contribution in [1.29, 1.82) is 0 Å². The van der Waals surface area contributed by atoms with E-state index in [0.717, 1.165) is 44.1 Å². The van der Waals surface area contributed by atoms with Crippen LogP contribution >= 0.6 is 0 Å². The molecule has 0 radical (unpaired) electrons. The summed E-state index contributed by atoms with van der Waals surface area (Å²) >= 11 is 0. The van der Waals surface area contributed by atoms with E-state index in [1.165, 1.54) is 5.57 Å². The third-order valence-corrected chi connectivity index (χ3v) is 7.32. The summed E-state index contributed by atoms with van der Waals surface area (Å²) in [4.78, 5) is 23.9. The first-order chi connectivity index (χ1) is 11.0. The molecule has 4 aliphatic rings. The van der Waals surface area contributed by atoms with Gasteiger partial charge >= 0.3 is 0 Å². The predicted octanol–water partition coefficient (Wildman–Crippen LogP) is 3.23. The Balaban J connectivity index is 1.61. The predicted molar refractivity (Wildman–Crippen MR) is 87.7 cm³/mol. The lowest BCUT2D eigenvalue weighted by atomic mass is 9.51. The number of rotatable bonds is 2. The van der Waals surface area contributed by atoms with Crippen molar-refractivity contribution >= 4 is 11.6 Å². The van der Waals surface area contributed by atoms with Gasteiger partial charge in [0, 0.05) is 6.42 Å². The van der Waals surface area contributed by atoms with E-state index in [1.54, 1.807) is 0 Å². The summed E-state index contributed by atoms with van der Waals surface area (Å²) < 4.78 is 0. The second-order valence-electron chi connectivity index (χ2n) is 8.19. The third-order valence-electron chi connectivity index (χ3n) is 7.32. The summed E-state index contributed by atoms with van der Waals surface area (Å²) in [7, 11) is 0. The number of carbonyl (C=O) groups excluding carboxylic acids is 2. The van der Waals surface area contributed by atoms with Crippen LogP contribution in [0.25, 0.3) is 0 Å². The van der Waals surface area contributed by atoms with Crippen LogP contribution in [0.2, 0.25) is 0 Å². The largest absolute Gasteiger partial charge is 0.388 e. The molecule has 124 valence electrons. The molecule has 0 spiro atoms. The van der Waals surface area contributed by atoms with E-state index in [9.17, 15) is 14.7 Å². The fourth-order valence-electron chi connectivity index (χ4n) is 6.27. The molecule has 0 aliphatic heterocycles. The molecule has 4 rings (SSSR count). The molecule has 0 aromatic carbocycles. The van der Waals surface area contributed by atoms with Gasteiger partial charge in [-0.2, -0.15) is 0 Å². The Bertz CT molecular complexity index is 614. The van der Waals surface area contributed by atoms with Crippen LogP contribution in [-0.2, 0) is 9.59 Å². The van der Waals surface area contributed by atoms with Gasteiger partial charge in [-0.1, -0.05) is 18.6 Å². The summed E-state index contributed by atoms with van der Waals surface area (Å²) in [6.45, 7) is 1.88. The maximum atomic E-state index is 12.1. The highest BCUT2D eigenvalue weighted by Crippen LogP contribution is 2.61. The van der Waals surface area contributed by atoms with E-state index in [-0.39, 0.29) is 17.8 Å². The molecule has 2 fully saturated rings. The van der Waals surface area contributed by atoms with Crippen molar-refractivity contribution < 1.29 is 14.7 Å². The average Bonchev–Trinajstić information content (AvgIpc) is 2.90. The average molecular weight is 314 g/mol. The van der Waals surface area contributed by atoms with Crippen LogP contribution in [0.1, 0.15) is 51.9 Å². The van der Waals surface area contributed by atoms with E-state index in [1.807, 2.05) is 6.08 Å². The maximum absolute atomic E-state index is 12.1. The molecular formula is C20H26O3. The minimum absolute atomic E-state index is 0.0350. The van der Waals surface area contributed by atoms with Gasteiger partial charge in [0.25, 0.3) is 0 Å². The van der Waals surface area contributed by atoms with Gasteiger partial charge in [-0.15, -0.1) is 0 Å². The molecule has 0 unspecified atom stereocenters. The van der Waals surface area contributed by atoms with Gasteiger partial charge in [0.1, 0.15) is 6.61 Å². The smallest absolute Gasteiger partial charge is 0.184 e. The number of hydrogen-bond acceptors (Lipinski definition) is 3. The highest BCUT2D eigenvalue weighted by Gasteiger charge is 2.54. The van der Waals surface area contributed by atoms with Crippen LogP contribution in [0.3, 0.4) is 0 Å². The van der Waals surface area contributed by atoms with Gasteiger partial charge in [-0.25, -0.2) is 0 Å². The van der Waals surface area contributed by atoms with E-state index in [0.29, 0.717) is 35.9 Å². The second kappa shape index (κ2) is 5.41. The molecule has 3 nitrogen and oxygen atoms in total. The van der Waals surface area contributed by atoms with Crippen molar-refractivity contribution in [1.82, 2.24) is 0 Å². The molecule has 0 aromatic heterocycles. The highest BCUT2D eigenvalue weighted by atomic mass is 16.3. The van der Waals surface area contributed by atoms with Gasteiger partial charge < -0.3 is 5.11 Å². The molecule has 1 N–H and O–H groups in total. The lowest BCUT2D eigenvalue weighted by molar-refractivity contribution is -0.120. The molecule has 5 atom stereocenters. The van der Waals surface area contributed by atoms with Crippen LogP contribution in [0.4, 0.5) is 0 Å². The number of aliphatic hydroxyl groups is 1. The Morgan fingerprint density at radius 3 is 2.87 bits per heavy atom. The number of allylic oxidation sites excluding steroid dienone is 3. The summed E-state index contributed by atoms with van der Waals surface area (Å²) in [5, 5.41) is 9.28. The minimum Gasteiger partial charge on any atom is -0.388 e. The Hall–Kier alpha value is -1.22.